The van der Waals surface area contributed by atoms with E-state index in [0.29, 0.717) is 20.2 Å². The Morgan fingerprint density at radius 1 is 0.312 bits per heavy atom. The largest absolute Gasteiger partial charge is 0.0657 e. The van der Waals surface area contributed by atoms with Crippen LogP contribution in [0.2, 0.25) is 44.3 Å². The Labute approximate surface area is 208 Å². The second kappa shape index (κ2) is 9.39. The van der Waals surface area contributed by atoms with Crippen LogP contribution in [-0.4, -0.2) is 28.4 Å². The van der Waals surface area contributed by atoms with E-state index < -0.39 is 28.4 Å². The molecule has 0 spiro atoms. The van der Waals surface area contributed by atoms with E-state index in [2.05, 4.69) is 111 Å². The average molecular weight is 513 g/mol. The van der Waals surface area contributed by atoms with Crippen molar-refractivity contribution in [2.24, 2.45) is 0 Å². The fourth-order valence-electron chi connectivity index (χ4n) is 11.2. The lowest BCUT2D eigenvalue weighted by Crippen LogP contribution is -3.12. The summed E-state index contributed by atoms with van der Waals surface area (Å²) < 4.78 is 0. The summed E-state index contributed by atoms with van der Waals surface area (Å²) in [5.41, 5.74) is 0. The van der Waals surface area contributed by atoms with E-state index in [9.17, 15) is 0 Å². The van der Waals surface area contributed by atoms with E-state index in [-0.39, 0.29) is 0 Å². The zero-order valence-electron chi connectivity index (χ0n) is 25.7. The molecule has 0 aromatic carbocycles. The van der Waals surface area contributed by atoms with Gasteiger partial charge in [-0.1, -0.05) is 161 Å². The maximum absolute atomic E-state index is 2.77. The van der Waals surface area contributed by atoms with Crippen molar-refractivity contribution >= 4 is 28.4 Å². The quantitative estimate of drug-likeness (QED) is 0.283. The van der Waals surface area contributed by atoms with E-state index in [1.807, 2.05) is 0 Å². The third-order valence-corrected chi connectivity index (χ3v) is 113. The molecule has 1 aliphatic heterocycles. The molecule has 0 unspecified atom stereocenters. The summed E-state index contributed by atoms with van der Waals surface area (Å²) in [7, 11) is -6.24. The van der Waals surface area contributed by atoms with E-state index >= 15 is 0 Å². The molecule has 0 saturated carbocycles. The molecule has 0 radical (unpaired) electrons. The van der Waals surface area contributed by atoms with E-state index in [1.54, 1.807) is 24.2 Å². The highest BCUT2D eigenvalue weighted by Crippen LogP contribution is 2.80. The highest BCUT2D eigenvalue weighted by molar-refractivity contribution is 8.15. The standard InChI is InChI=1S/C28H64Si4/c1-17-21-29(25(5,6)7)30(22-18-2,26(8,9)10)32(24-20-4,28(14,15)16)31(29,23-19-3)27(11,12)13/h17-24H2,1-16H3. The van der Waals surface area contributed by atoms with Gasteiger partial charge in [-0.05, 0) is 20.2 Å². The summed E-state index contributed by atoms with van der Waals surface area (Å²) in [6, 6.07) is 6.60. The molecule has 0 nitrogen and oxygen atoms in total. The smallest absolute Gasteiger partial charge is 0.0444 e. The molecule has 32 heavy (non-hydrogen) atoms. The van der Waals surface area contributed by atoms with Crippen LogP contribution in [0.1, 0.15) is 136 Å². The number of hydrogen-bond donors (Lipinski definition) is 0. The van der Waals surface area contributed by atoms with Gasteiger partial charge in [0.05, 0.1) is 0 Å². The van der Waals surface area contributed by atoms with Gasteiger partial charge in [0, 0.05) is 28.4 Å². The van der Waals surface area contributed by atoms with Crippen molar-refractivity contribution in [1.29, 1.82) is 0 Å². The molecule has 0 amide bonds. The van der Waals surface area contributed by atoms with Crippen LogP contribution >= 0.6 is 0 Å². The molecule has 1 saturated heterocycles. The fraction of sp³-hybridized carbons (Fsp3) is 1.00. The summed E-state index contributed by atoms with van der Waals surface area (Å²) in [4.78, 5) is 0. The number of rotatable bonds is 8. The predicted octanol–water partition coefficient (Wildman–Crippen LogP) is 10.9. The normalized spacial score (nSPS) is 34.5. The fourth-order valence-corrected chi connectivity index (χ4v) is 186. The molecular formula is C28H64Si4. The minimum absolute atomic E-state index is 0.543. The van der Waals surface area contributed by atoms with Crippen molar-refractivity contribution in [2.45, 2.75) is 181 Å². The average Bonchev–Trinajstić information content (AvgIpc) is 2.56. The first-order chi connectivity index (χ1) is 14.2. The highest BCUT2D eigenvalue weighted by atomic mass is 30.2. The Morgan fingerprint density at radius 3 is 0.500 bits per heavy atom. The van der Waals surface area contributed by atoms with Crippen molar-refractivity contribution in [3.05, 3.63) is 0 Å². The third kappa shape index (κ3) is 3.49. The first kappa shape index (κ1) is 30.9. The predicted molar refractivity (Wildman–Crippen MR) is 162 cm³/mol. The SMILES string of the molecule is CCC[Si]1(C(C)(C)C)[Si](CCC)(C(C)(C)C)[Si](CCC)(C(C)(C)C)[Si]1(CCC)C(C)(C)C. The Balaban J connectivity index is 4.61. The molecule has 4 heteroatoms. The summed E-state index contributed by atoms with van der Waals surface area (Å²) in [6.45, 7) is 43.5. The van der Waals surface area contributed by atoms with Gasteiger partial charge in [0.2, 0.25) is 0 Å². The highest BCUT2D eigenvalue weighted by Gasteiger charge is 2.95. The van der Waals surface area contributed by atoms with Gasteiger partial charge < -0.3 is 0 Å². The minimum atomic E-state index is -1.56. The lowest BCUT2D eigenvalue weighted by Gasteiger charge is -2.91. The van der Waals surface area contributed by atoms with Crippen LogP contribution in [0.4, 0.5) is 0 Å². The topological polar surface area (TPSA) is 0 Å². The Kier molecular flexibility index (Phi) is 9.07. The monoisotopic (exact) mass is 512 g/mol. The van der Waals surface area contributed by atoms with E-state index in [0.717, 1.165) is 0 Å². The van der Waals surface area contributed by atoms with Crippen LogP contribution in [0.5, 0.6) is 0 Å². The molecule has 1 heterocycles. The molecule has 192 valence electrons. The summed E-state index contributed by atoms with van der Waals surface area (Å²) in [6.07, 6.45) is 5.75. The van der Waals surface area contributed by atoms with Gasteiger partial charge in [-0.3, -0.25) is 0 Å². The Morgan fingerprint density at radius 2 is 0.438 bits per heavy atom. The second-order valence-corrected chi connectivity index (χ2v) is 57.3. The maximum Gasteiger partial charge on any atom is 0.0444 e. The van der Waals surface area contributed by atoms with Gasteiger partial charge in [0.15, 0.2) is 0 Å². The van der Waals surface area contributed by atoms with Crippen molar-refractivity contribution in [3.8, 4) is 0 Å². The Hall–Kier alpha value is 0.868. The molecule has 0 atom stereocenters. The second-order valence-electron chi connectivity index (χ2n) is 15.6. The minimum Gasteiger partial charge on any atom is -0.0657 e. The zero-order chi connectivity index (χ0) is 25.7. The molecule has 1 fully saturated rings. The van der Waals surface area contributed by atoms with Crippen LogP contribution in [0.3, 0.4) is 0 Å². The van der Waals surface area contributed by atoms with E-state index in [4.69, 9.17) is 0 Å². The summed E-state index contributed by atoms with van der Waals surface area (Å²) in [5.74, 6) is 0. The first-order valence-corrected chi connectivity index (χ1v) is 27.1. The van der Waals surface area contributed by atoms with Crippen LogP contribution in [0.25, 0.3) is 0 Å². The molecule has 1 rings (SSSR count). The van der Waals surface area contributed by atoms with Crippen LogP contribution < -0.4 is 0 Å². The van der Waals surface area contributed by atoms with E-state index in [1.165, 1.54) is 25.7 Å². The first-order valence-electron chi connectivity index (χ1n) is 14.2. The molecule has 1 aliphatic rings. The van der Waals surface area contributed by atoms with Gasteiger partial charge in [0.25, 0.3) is 0 Å². The molecule has 0 aromatic heterocycles. The van der Waals surface area contributed by atoms with Crippen molar-refractivity contribution in [1.82, 2.24) is 0 Å². The van der Waals surface area contributed by atoms with Gasteiger partial charge in [-0.25, -0.2) is 0 Å². The summed E-state index contributed by atoms with van der Waals surface area (Å²) >= 11 is 0. The molecule has 0 N–H and O–H groups in total. The molecular weight excluding hydrogens is 449 g/mol. The molecule has 0 bridgehead atoms. The zero-order valence-corrected chi connectivity index (χ0v) is 29.7. The lowest BCUT2D eigenvalue weighted by molar-refractivity contribution is 0.648. The lowest BCUT2D eigenvalue weighted by atomic mass is 10.2. The molecule has 0 aromatic rings. The van der Waals surface area contributed by atoms with Crippen molar-refractivity contribution < 1.29 is 0 Å². The van der Waals surface area contributed by atoms with Gasteiger partial charge in [-0.15, -0.1) is 0 Å². The Bertz CT molecular complexity index is 502. The van der Waals surface area contributed by atoms with Gasteiger partial charge in [0.1, 0.15) is 0 Å². The van der Waals surface area contributed by atoms with Gasteiger partial charge in [-0.2, -0.15) is 0 Å². The summed E-state index contributed by atoms with van der Waals surface area (Å²) in [5, 5.41) is 2.17. The van der Waals surface area contributed by atoms with Crippen molar-refractivity contribution in [2.75, 3.05) is 0 Å². The van der Waals surface area contributed by atoms with Gasteiger partial charge >= 0.3 is 0 Å². The maximum atomic E-state index is 2.77. The molecule has 0 aliphatic carbocycles. The third-order valence-electron chi connectivity index (χ3n) is 10.5. The van der Waals surface area contributed by atoms with Crippen molar-refractivity contribution in [3.63, 3.8) is 0 Å². The van der Waals surface area contributed by atoms with Crippen LogP contribution in [-0.2, 0) is 0 Å². The van der Waals surface area contributed by atoms with Crippen LogP contribution in [0, 0.1) is 0 Å². The number of hydrogen-bond acceptors (Lipinski definition) is 0. The van der Waals surface area contributed by atoms with Crippen LogP contribution in [0.15, 0.2) is 0 Å².